The number of ether oxygens (including phenoxy) is 3. The van der Waals surface area contributed by atoms with Gasteiger partial charge in [-0.3, -0.25) is 14.0 Å². The topological polar surface area (TPSA) is 118 Å². The molecule has 2 aromatic heterocycles. The molecule has 2 saturated heterocycles. The predicted molar refractivity (Wildman–Crippen MR) is 121 cm³/mol. The van der Waals surface area contributed by atoms with Gasteiger partial charge in [0.1, 0.15) is 23.1 Å². The molecule has 0 radical (unpaired) electrons. The number of hydrogen-bond donors (Lipinski definition) is 1. The normalized spacial score (nSPS) is 17.9. The fourth-order valence-electron chi connectivity index (χ4n) is 4.11. The molecule has 0 aliphatic carbocycles. The summed E-state index contributed by atoms with van der Waals surface area (Å²) in [6.07, 6.45) is 4.84. The highest BCUT2D eigenvalue weighted by Gasteiger charge is 2.40. The number of pyridine rings is 1. The van der Waals surface area contributed by atoms with Crippen LogP contribution in [-0.4, -0.2) is 67.6 Å². The SMILES string of the molecule is COCCCNC(=O)C(C#N)=Cc1c(N2CCC3(CC2)OCCO3)nc2ccccn2c1=O. The Hall–Kier alpha value is -3.26. The molecule has 33 heavy (non-hydrogen) atoms. The zero-order valence-electron chi connectivity index (χ0n) is 18.6. The lowest BCUT2D eigenvalue weighted by Gasteiger charge is -2.38. The molecule has 0 saturated carbocycles. The molecule has 10 nitrogen and oxygen atoms in total. The third-order valence-corrected chi connectivity index (χ3v) is 5.85. The van der Waals surface area contributed by atoms with Crippen molar-refractivity contribution in [3.05, 3.63) is 45.9 Å². The summed E-state index contributed by atoms with van der Waals surface area (Å²) in [5, 5.41) is 12.3. The molecule has 1 spiro atoms. The first-order valence-electron chi connectivity index (χ1n) is 11.0. The van der Waals surface area contributed by atoms with Crippen molar-refractivity contribution in [2.75, 3.05) is 51.5 Å². The number of nitrogens with zero attached hydrogens (tertiary/aromatic N) is 4. The van der Waals surface area contributed by atoms with E-state index in [1.54, 1.807) is 31.5 Å². The quantitative estimate of drug-likeness (QED) is 0.376. The molecule has 2 aliphatic rings. The van der Waals surface area contributed by atoms with Gasteiger partial charge in [0.05, 0.1) is 18.8 Å². The number of fused-ring (bicyclic) bond motifs is 1. The van der Waals surface area contributed by atoms with Crippen molar-refractivity contribution in [2.24, 2.45) is 0 Å². The summed E-state index contributed by atoms with van der Waals surface area (Å²) in [6, 6.07) is 7.21. The van der Waals surface area contributed by atoms with Crippen molar-refractivity contribution in [2.45, 2.75) is 25.0 Å². The van der Waals surface area contributed by atoms with Crippen LogP contribution in [0.1, 0.15) is 24.8 Å². The van der Waals surface area contributed by atoms with Gasteiger partial charge in [0, 0.05) is 52.4 Å². The van der Waals surface area contributed by atoms with E-state index in [9.17, 15) is 14.9 Å². The van der Waals surface area contributed by atoms with Gasteiger partial charge < -0.3 is 24.4 Å². The van der Waals surface area contributed by atoms with Crippen LogP contribution < -0.4 is 15.8 Å². The molecule has 1 amide bonds. The average Bonchev–Trinajstić information content (AvgIpc) is 3.29. The molecule has 0 unspecified atom stereocenters. The van der Waals surface area contributed by atoms with Crippen molar-refractivity contribution < 1.29 is 19.0 Å². The summed E-state index contributed by atoms with van der Waals surface area (Å²) in [4.78, 5) is 32.6. The summed E-state index contributed by atoms with van der Waals surface area (Å²) < 4.78 is 18.0. The molecular formula is C23H27N5O5. The highest BCUT2D eigenvalue weighted by molar-refractivity contribution is 6.02. The minimum Gasteiger partial charge on any atom is -0.385 e. The first kappa shape index (κ1) is 22.9. The highest BCUT2D eigenvalue weighted by Crippen LogP contribution is 2.33. The third-order valence-electron chi connectivity index (χ3n) is 5.85. The molecule has 10 heteroatoms. The van der Waals surface area contributed by atoms with Gasteiger partial charge in [-0.2, -0.15) is 5.26 Å². The lowest BCUT2D eigenvalue weighted by molar-refractivity contribution is -0.169. The van der Waals surface area contributed by atoms with E-state index < -0.39 is 11.7 Å². The van der Waals surface area contributed by atoms with Crippen molar-refractivity contribution in [1.82, 2.24) is 14.7 Å². The van der Waals surface area contributed by atoms with Crippen molar-refractivity contribution >= 4 is 23.4 Å². The maximum atomic E-state index is 13.4. The lowest BCUT2D eigenvalue weighted by atomic mass is 10.0. The molecule has 2 aromatic rings. The highest BCUT2D eigenvalue weighted by atomic mass is 16.7. The molecule has 1 N–H and O–H groups in total. The van der Waals surface area contributed by atoms with Gasteiger partial charge >= 0.3 is 0 Å². The molecule has 4 heterocycles. The van der Waals surface area contributed by atoms with Crippen LogP contribution in [0.25, 0.3) is 11.7 Å². The van der Waals surface area contributed by atoms with Gasteiger partial charge in [0.2, 0.25) is 0 Å². The zero-order valence-corrected chi connectivity index (χ0v) is 18.6. The number of hydrogen-bond acceptors (Lipinski definition) is 8. The Morgan fingerprint density at radius 2 is 2.09 bits per heavy atom. The first-order valence-corrected chi connectivity index (χ1v) is 11.0. The maximum Gasteiger partial charge on any atom is 0.267 e. The number of carbonyl (C=O) groups is 1. The monoisotopic (exact) mass is 453 g/mol. The zero-order chi connectivity index (χ0) is 23.3. The second kappa shape index (κ2) is 10.1. The third kappa shape index (κ3) is 4.90. The summed E-state index contributed by atoms with van der Waals surface area (Å²) in [7, 11) is 1.58. The van der Waals surface area contributed by atoms with Crippen LogP contribution in [0.15, 0.2) is 34.8 Å². The Morgan fingerprint density at radius 1 is 1.33 bits per heavy atom. The second-order valence-electron chi connectivity index (χ2n) is 7.95. The molecule has 0 aromatic carbocycles. The number of anilines is 1. The van der Waals surface area contributed by atoms with E-state index in [0.717, 1.165) is 0 Å². The molecule has 0 atom stereocenters. The summed E-state index contributed by atoms with van der Waals surface area (Å²) >= 11 is 0. The molecule has 2 fully saturated rings. The van der Waals surface area contributed by atoms with E-state index in [2.05, 4.69) is 5.32 Å². The van der Waals surface area contributed by atoms with E-state index in [-0.39, 0.29) is 16.7 Å². The van der Waals surface area contributed by atoms with Crippen LogP contribution >= 0.6 is 0 Å². The maximum absolute atomic E-state index is 13.4. The number of rotatable bonds is 7. The van der Waals surface area contributed by atoms with Gasteiger partial charge in [-0.05, 0) is 24.6 Å². The van der Waals surface area contributed by atoms with E-state index in [0.29, 0.717) is 70.2 Å². The smallest absolute Gasteiger partial charge is 0.267 e. The second-order valence-corrected chi connectivity index (χ2v) is 7.95. The van der Waals surface area contributed by atoms with Crippen LogP contribution in [0.4, 0.5) is 5.82 Å². The lowest BCUT2D eigenvalue weighted by Crippen LogP contribution is -2.46. The van der Waals surface area contributed by atoms with Crippen molar-refractivity contribution in [3.8, 4) is 6.07 Å². The van der Waals surface area contributed by atoms with E-state index in [1.165, 1.54) is 10.5 Å². The van der Waals surface area contributed by atoms with Crippen LogP contribution in [0.3, 0.4) is 0 Å². The number of nitriles is 1. The van der Waals surface area contributed by atoms with Crippen molar-refractivity contribution in [3.63, 3.8) is 0 Å². The predicted octanol–water partition coefficient (Wildman–Crippen LogP) is 1.10. The van der Waals surface area contributed by atoms with E-state index in [4.69, 9.17) is 19.2 Å². The number of piperidine rings is 1. The largest absolute Gasteiger partial charge is 0.385 e. The van der Waals surface area contributed by atoms with Crippen LogP contribution in [0, 0.1) is 11.3 Å². The van der Waals surface area contributed by atoms with E-state index in [1.807, 2.05) is 11.0 Å². The summed E-state index contributed by atoms with van der Waals surface area (Å²) in [5.41, 5.74) is 0.195. The Bertz CT molecular complexity index is 1140. The summed E-state index contributed by atoms with van der Waals surface area (Å²) in [5.74, 6) is -0.667. The Labute approximate surface area is 191 Å². The first-order chi connectivity index (χ1) is 16.1. The molecule has 0 bridgehead atoms. The fourth-order valence-corrected chi connectivity index (χ4v) is 4.11. The number of nitrogens with one attached hydrogen (secondary N) is 1. The Morgan fingerprint density at radius 3 is 2.79 bits per heavy atom. The van der Waals surface area contributed by atoms with Gasteiger partial charge in [-0.25, -0.2) is 4.98 Å². The van der Waals surface area contributed by atoms with Crippen LogP contribution in [-0.2, 0) is 19.0 Å². The van der Waals surface area contributed by atoms with Gasteiger partial charge in [0.25, 0.3) is 11.5 Å². The standard InChI is InChI=1S/C23H27N5O5/c1-31-12-4-8-25-21(29)17(16-24)15-18-20(26-19-5-2-3-9-28(19)22(18)30)27-10-6-23(7-11-27)32-13-14-33-23/h2-3,5,9,15H,4,6-8,10-14H2,1H3,(H,25,29). The Balaban J connectivity index is 1.68. The van der Waals surface area contributed by atoms with E-state index >= 15 is 0 Å². The molecule has 4 rings (SSSR count). The number of methoxy groups -OCH3 is 1. The van der Waals surface area contributed by atoms with Gasteiger partial charge in [0.15, 0.2) is 5.79 Å². The molecular weight excluding hydrogens is 426 g/mol. The van der Waals surface area contributed by atoms with Gasteiger partial charge in [-0.1, -0.05) is 6.07 Å². The van der Waals surface area contributed by atoms with Crippen LogP contribution in [0.2, 0.25) is 0 Å². The number of carbonyl (C=O) groups excluding carboxylic acids is 1. The fraction of sp³-hybridized carbons (Fsp3) is 0.478. The minimum atomic E-state index is -0.571. The van der Waals surface area contributed by atoms with Gasteiger partial charge in [-0.15, -0.1) is 0 Å². The van der Waals surface area contributed by atoms with Crippen molar-refractivity contribution in [1.29, 1.82) is 5.26 Å². The number of aromatic nitrogens is 2. The summed E-state index contributed by atoms with van der Waals surface area (Å²) in [6.45, 7) is 3.16. The molecule has 2 aliphatic heterocycles. The average molecular weight is 453 g/mol. The minimum absolute atomic E-state index is 0.153. The number of amides is 1. The molecule has 174 valence electrons. The van der Waals surface area contributed by atoms with Crippen LogP contribution in [0.5, 0.6) is 0 Å². The Kier molecular flexibility index (Phi) is 7.03.